The van der Waals surface area contributed by atoms with Crippen LogP contribution in [0, 0.1) is 6.92 Å². The molecule has 1 saturated carbocycles. The van der Waals surface area contributed by atoms with Crippen molar-refractivity contribution in [3.8, 4) is 0 Å². The molecule has 1 aliphatic rings. The number of nitrogens with zero attached hydrogens (tertiary/aromatic N) is 1. The van der Waals surface area contributed by atoms with E-state index in [1.807, 2.05) is 12.1 Å². The summed E-state index contributed by atoms with van der Waals surface area (Å²) in [7, 11) is 0. The van der Waals surface area contributed by atoms with Crippen LogP contribution in [0.3, 0.4) is 0 Å². The highest BCUT2D eigenvalue weighted by Crippen LogP contribution is 2.26. The van der Waals surface area contributed by atoms with Crippen LogP contribution < -0.4 is 5.32 Å². The molecule has 0 spiro atoms. The van der Waals surface area contributed by atoms with Crippen LogP contribution in [-0.4, -0.2) is 17.6 Å². The summed E-state index contributed by atoms with van der Waals surface area (Å²) < 4.78 is 0. The second kappa shape index (κ2) is 6.25. The van der Waals surface area contributed by atoms with Gasteiger partial charge in [-0.15, -0.1) is 11.3 Å². The minimum atomic E-state index is 0.471. The number of benzene rings is 1. The molecule has 1 aromatic heterocycles. The molecule has 0 bridgehead atoms. The molecule has 0 radical (unpaired) electrons. The van der Waals surface area contributed by atoms with Crippen LogP contribution in [-0.2, 0) is 6.42 Å². The van der Waals surface area contributed by atoms with E-state index in [9.17, 15) is 0 Å². The standard InChI is InChI=1S/C16H19ClN2S/c1-11-10-20-16(19-11)8-13(9-18-15-6-7-15)12-2-4-14(17)5-3-12/h2-5,10,13,15,18H,6-9H2,1H3. The van der Waals surface area contributed by atoms with E-state index in [0.717, 1.165) is 29.7 Å². The Labute approximate surface area is 129 Å². The highest BCUT2D eigenvalue weighted by Gasteiger charge is 2.23. The number of rotatable bonds is 6. The zero-order valence-corrected chi connectivity index (χ0v) is 13.2. The lowest BCUT2D eigenvalue weighted by Gasteiger charge is -2.17. The summed E-state index contributed by atoms with van der Waals surface area (Å²) in [6, 6.07) is 8.98. The summed E-state index contributed by atoms with van der Waals surface area (Å²) in [4.78, 5) is 4.60. The highest BCUT2D eigenvalue weighted by atomic mass is 35.5. The Hall–Kier alpha value is -0.900. The van der Waals surface area contributed by atoms with Gasteiger partial charge in [-0.1, -0.05) is 23.7 Å². The van der Waals surface area contributed by atoms with Crippen LogP contribution in [0.1, 0.15) is 35.0 Å². The summed E-state index contributed by atoms with van der Waals surface area (Å²) >= 11 is 7.75. The Kier molecular flexibility index (Phi) is 4.39. The van der Waals surface area contributed by atoms with Crippen LogP contribution in [0.4, 0.5) is 0 Å². The van der Waals surface area contributed by atoms with Crippen molar-refractivity contribution in [2.45, 2.75) is 38.1 Å². The highest BCUT2D eigenvalue weighted by molar-refractivity contribution is 7.09. The maximum atomic E-state index is 5.99. The van der Waals surface area contributed by atoms with Crippen LogP contribution >= 0.6 is 22.9 Å². The second-order valence-electron chi connectivity index (χ2n) is 5.52. The third-order valence-electron chi connectivity index (χ3n) is 3.66. The first-order chi connectivity index (χ1) is 9.70. The number of aromatic nitrogens is 1. The van der Waals surface area contributed by atoms with Gasteiger partial charge < -0.3 is 5.32 Å². The van der Waals surface area contributed by atoms with E-state index in [2.05, 4.69) is 34.7 Å². The largest absolute Gasteiger partial charge is 0.313 e. The SMILES string of the molecule is Cc1csc(CC(CNC2CC2)c2ccc(Cl)cc2)n1. The van der Waals surface area contributed by atoms with Gasteiger partial charge in [0, 0.05) is 41.0 Å². The lowest BCUT2D eigenvalue weighted by molar-refractivity contribution is 0.576. The molecule has 1 aliphatic carbocycles. The Morgan fingerprint density at radius 3 is 2.70 bits per heavy atom. The van der Waals surface area contributed by atoms with Gasteiger partial charge in [-0.3, -0.25) is 0 Å². The second-order valence-corrected chi connectivity index (χ2v) is 6.90. The van der Waals surface area contributed by atoms with E-state index in [1.165, 1.54) is 23.4 Å². The van der Waals surface area contributed by atoms with Crippen LogP contribution in [0.25, 0.3) is 0 Å². The van der Waals surface area contributed by atoms with Gasteiger partial charge >= 0.3 is 0 Å². The average molecular weight is 307 g/mol. The van der Waals surface area contributed by atoms with Gasteiger partial charge in [-0.25, -0.2) is 4.98 Å². The molecule has 2 aromatic rings. The van der Waals surface area contributed by atoms with Crippen molar-refractivity contribution in [1.82, 2.24) is 10.3 Å². The van der Waals surface area contributed by atoms with E-state index in [-0.39, 0.29) is 0 Å². The first kappa shape index (κ1) is 14.1. The third kappa shape index (κ3) is 3.81. The number of halogens is 1. The molecule has 1 atom stereocenters. The zero-order valence-electron chi connectivity index (χ0n) is 11.6. The zero-order chi connectivity index (χ0) is 13.9. The fraction of sp³-hybridized carbons (Fsp3) is 0.438. The van der Waals surface area contributed by atoms with Gasteiger partial charge in [0.25, 0.3) is 0 Å². The van der Waals surface area contributed by atoms with E-state index < -0.39 is 0 Å². The predicted molar refractivity (Wildman–Crippen MR) is 85.8 cm³/mol. The van der Waals surface area contributed by atoms with Crippen molar-refractivity contribution in [1.29, 1.82) is 0 Å². The molecule has 1 aromatic carbocycles. The molecular formula is C16H19ClN2S. The van der Waals surface area contributed by atoms with Crippen molar-refractivity contribution < 1.29 is 0 Å². The summed E-state index contributed by atoms with van der Waals surface area (Å²) in [5.74, 6) is 0.471. The molecule has 3 rings (SSSR count). The molecule has 1 unspecified atom stereocenters. The van der Waals surface area contributed by atoms with Crippen LogP contribution in [0.15, 0.2) is 29.6 Å². The predicted octanol–water partition coefficient (Wildman–Crippen LogP) is 4.18. The van der Waals surface area contributed by atoms with Gasteiger partial charge in [0.2, 0.25) is 0 Å². The molecular weight excluding hydrogens is 288 g/mol. The molecule has 106 valence electrons. The number of nitrogens with one attached hydrogen (secondary N) is 1. The third-order valence-corrected chi connectivity index (χ3v) is 4.90. The molecule has 1 N–H and O–H groups in total. The Morgan fingerprint density at radius 2 is 2.10 bits per heavy atom. The Balaban J connectivity index is 1.73. The topological polar surface area (TPSA) is 24.9 Å². The maximum Gasteiger partial charge on any atom is 0.0934 e. The van der Waals surface area contributed by atoms with E-state index in [4.69, 9.17) is 11.6 Å². The minimum Gasteiger partial charge on any atom is -0.313 e. The summed E-state index contributed by atoms with van der Waals surface area (Å²) in [6.45, 7) is 3.07. The molecule has 0 aliphatic heterocycles. The number of hydrogen-bond acceptors (Lipinski definition) is 3. The van der Waals surface area contributed by atoms with Gasteiger partial charge in [-0.05, 0) is 37.5 Å². The fourth-order valence-corrected chi connectivity index (χ4v) is 3.33. The van der Waals surface area contributed by atoms with Crippen LogP contribution in [0.5, 0.6) is 0 Å². The maximum absolute atomic E-state index is 5.99. The monoisotopic (exact) mass is 306 g/mol. The van der Waals surface area contributed by atoms with Crippen molar-refractivity contribution >= 4 is 22.9 Å². The smallest absolute Gasteiger partial charge is 0.0934 e. The summed E-state index contributed by atoms with van der Waals surface area (Å²) in [5.41, 5.74) is 2.46. The van der Waals surface area contributed by atoms with E-state index in [0.29, 0.717) is 5.92 Å². The van der Waals surface area contributed by atoms with Crippen LogP contribution in [0.2, 0.25) is 5.02 Å². The normalized spacial score (nSPS) is 16.3. The van der Waals surface area contributed by atoms with Crippen molar-refractivity contribution in [2.75, 3.05) is 6.54 Å². The molecule has 20 heavy (non-hydrogen) atoms. The average Bonchev–Trinajstić information content (AvgIpc) is 3.18. The number of aryl methyl sites for hydroxylation is 1. The van der Waals surface area contributed by atoms with Gasteiger partial charge in [0.05, 0.1) is 5.01 Å². The lowest BCUT2D eigenvalue weighted by Crippen LogP contribution is -2.24. The Morgan fingerprint density at radius 1 is 1.35 bits per heavy atom. The van der Waals surface area contributed by atoms with E-state index >= 15 is 0 Å². The van der Waals surface area contributed by atoms with Crippen molar-refractivity contribution in [3.05, 3.63) is 50.9 Å². The quantitative estimate of drug-likeness (QED) is 0.866. The first-order valence-corrected chi connectivity index (χ1v) is 8.36. The first-order valence-electron chi connectivity index (χ1n) is 7.10. The number of hydrogen-bond donors (Lipinski definition) is 1. The Bertz CT molecular complexity index is 560. The fourth-order valence-electron chi connectivity index (χ4n) is 2.35. The van der Waals surface area contributed by atoms with E-state index in [1.54, 1.807) is 11.3 Å². The molecule has 0 amide bonds. The molecule has 2 nitrogen and oxygen atoms in total. The molecule has 0 saturated heterocycles. The molecule has 4 heteroatoms. The van der Waals surface area contributed by atoms with Crippen molar-refractivity contribution in [2.24, 2.45) is 0 Å². The molecule has 1 fully saturated rings. The van der Waals surface area contributed by atoms with Crippen molar-refractivity contribution in [3.63, 3.8) is 0 Å². The number of thiazole rings is 1. The lowest BCUT2D eigenvalue weighted by atomic mass is 9.96. The summed E-state index contributed by atoms with van der Waals surface area (Å²) in [5, 5.41) is 7.79. The van der Waals surface area contributed by atoms with Gasteiger partial charge in [0.15, 0.2) is 0 Å². The van der Waals surface area contributed by atoms with Gasteiger partial charge in [-0.2, -0.15) is 0 Å². The molecule has 1 heterocycles. The summed E-state index contributed by atoms with van der Waals surface area (Å²) in [6.07, 6.45) is 3.65. The van der Waals surface area contributed by atoms with Gasteiger partial charge in [0.1, 0.15) is 0 Å². The minimum absolute atomic E-state index is 0.471.